The van der Waals surface area contributed by atoms with Gasteiger partial charge in [0.15, 0.2) is 0 Å². The van der Waals surface area contributed by atoms with Crippen molar-refractivity contribution in [1.82, 2.24) is 4.90 Å². The van der Waals surface area contributed by atoms with Gasteiger partial charge < -0.3 is 10.2 Å². The molecule has 5 nitrogen and oxygen atoms in total. The lowest BCUT2D eigenvalue weighted by atomic mass is 10.2. The van der Waals surface area contributed by atoms with Crippen molar-refractivity contribution in [3.63, 3.8) is 0 Å². The SMILES string of the molecule is CCCCN(CCC(=O)O)[C@@H](C)C(=O)O. The summed E-state index contributed by atoms with van der Waals surface area (Å²) in [6.45, 7) is 4.53. The number of hydrogen-bond donors (Lipinski definition) is 2. The average molecular weight is 217 g/mol. The lowest BCUT2D eigenvalue weighted by molar-refractivity contribution is -0.144. The number of nitrogens with zero attached hydrogens (tertiary/aromatic N) is 1. The fraction of sp³-hybridized carbons (Fsp3) is 0.800. The molecule has 5 heteroatoms. The zero-order valence-corrected chi connectivity index (χ0v) is 9.27. The molecule has 0 unspecified atom stereocenters. The van der Waals surface area contributed by atoms with Crippen molar-refractivity contribution < 1.29 is 19.8 Å². The van der Waals surface area contributed by atoms with Gasteiger partial charge in [0.1, 0.15) is 6.04 Å². The van der Waals surface area contributed by atoms with Crippen LogP contribution in [0.25, 0.3) is 0 Å². The predicted molar refractivity (Wildman–Crippen MR) is 55.8 cm³/mol. The molecule has 0 rings (SSSR count). The maximum atomic E-state index is 10.8. The fourth-order valence-corrected chi connectivity index (χ4v) is 1.26. The third kappa shape index (κ3) is 6.06. The summed E-state index contributed by atoms with van der Waals surface area (Å²) in [5, 5.41) is 17.4. The van der Waals surface area contributed by atoms with Crippen LogP contribution >= 0.6 is 0 Å². The first kappa shape index (κ1) is 13.9. The molecule has 0 aliphatic rings. The first-order valence-electron chi connectivity index (χ1n) is 5.17. The van der Waals surface area contributed by atoms with Gasteiger partial charge in [0.25, 0.3) is 0 Å². The summed E-state index contributed by atoms with van der Waals surface area (Å²) >= 11 is 0. The van der Waals surface area contributed by atoms with Crippen LogP contribution in [0.1, 0.15) is 33.1 Å². The molecule has 0 aliphatic carbocycles. The number of carboxylic acid groups (broad SMARTS) is 2. The molecule has 0 aliphatic heterocycles. The van der Waals surface area contributed by atoms with Crippen LogP contribution in [0.4, 0.5) is 0 Å². The second-order valence-electron chi connectivity index (χ2n) is 3.55. The van der Waals surface area contributed by atoms with E-state index in [0.29, 0.717) is 13.1 Å². The Bertz CT molecular complexity index is 217. The summed E-state index contributed by atoms with van der Waals surface area (Å²) in [4.78, 5) is 22.8. The molecule has 1 atom stereocenters. The summed E-state index contributed by atoms with van der Waals surface area (Å²) in [6.07, 6.45) is 1.84. The average Bonchev–Trinajstić information content (AvgIpc) is 2.16. The molecule has 2 N–H and O–H groups in total. The Morgan fingerprint density at radius 1 is 1.27 bits per heavy atom. The fourth-order valence-electron chi connectivity index (χ4n) is 1.26. The molecule has 0 aromatic carbocycles. The van der Waals surface area contributed by atoms with Gasteiger partial charge in [-0.2, -0.15) is 0 Å². The monoisotopic (exact) mass is 217 g/mol. The first-order valence-corrected chi connectivity index (χ1v) is 5.17. The van der Waals surface area contributed by atoms with Crippen LogP contribution < -0.4 is 0 Å². The van der Waals surface area contributed by atoms with E-state index in [4.69, 9.17) is 10.2 Å². The number of aliphatic carboxylic acids is 2. The Labute approximate surface area is 89.7 Å². The normalized spacial score (nSPS) is 12.7. The first-order chi connectivity index (χ1) is 6.99. The summed E-state index contributed by atoms with van der Waals surface area (Å²) in [5.41, 5.74) is 0. The van der Waals surface area contributed by atoms with Gasteiger partial charge >= 0.3 is 11.9 Å². The van der Waals surface area contributed by atoms with Crippen LogP contribution in [0.3, 0.4) is 0 Å². The lowest BCUT2D eigenvalue weighted by Crippen LogP contribution is -2.40. The van der Waals surface area contributed by atoms with Gasteiger partial charge in [-0.3, -0.25) is 14.5 Å². The maximum Gasteiger partial charge on any atom is 0.320 e. The zero-order chi connectivity index (χ0) is 11.8. The van der Waals surface area contributed by atoms with E-state index in [0.717, 1.165) is 12.8 Å². The molecule has 0 spiro atoms. The van der Waals surface area contributed by atoms with Gasteiger partial charge in [-0.05, 0) is 19.9 Å². The molecule has 0 amide bonds. The Kier molecular flexibility index (Phi) is 6.70. The van der Waals surface area contributed by atoms with Crippen LogP contribution in [0, 0.1) is 0 Å². The number of carboxylic acids is 2. The van der Waals surface area contributed by atoms with Crippen molar-refractivity contribution in [1.29, 1.82) is 0 Å². The molecule has 0 fully saturated rings. The van der Waals surface area contributed by atoms with Crippen LogP contribution in [0.2, 0.25) is 0 Å². The highest BCUT2D eigenvalue weighted by Crippen LogP contribution is 2.04. The highest BCUT2D eigenvalue weighted by atomic mass is 16.4. The van der Waals surface area contributed by atoms with E-state index in [9.17, 15) is 9.59 Å². The second-order valence-corrected chi connectivity index (χ2v) is 3.55. The number of hydrogen-bond acceptors (Lipinski definition) is 3. The molecular formula is C10H19NO4. The molecule has 15 heavy (non-hydrogen) atoms. The van der Waals surface area contributed by atoms with E-state index in [-0.39, 0.29) is 6.42 Å². The highest BCUT2D eigenvalue weighted by Gasteiger charge is 2.20. The third-order valence-electron chi connectivity index (χ3n) is 2.32. The maximum absolute atomic E-state index is 10.8. The predicted octanol–water partition coefficient (Wildman–Crippen LogP) is 1.04. The largest absolute Gasteiger partial charge is 0.481 e. The van der Waals surface area contributed by atoms with E-state index in [1.54, 1.807) is 11.8 Å². The quantitative estimate of drug-likeness (QED) is 0.635. The molecule has 0 saturated carbocycles. The van der Waals surface area contributed by atoms with Crippen molar-refractivity contribution in [2.75, 3.05) is 13.1 Å². The zero-order valence-electron chi connectivity index (χ0n) is 9.27. The van der Waals surface area contributed by atoms with Gasteiger partial charge in [0.05, 0.1) is 6.42 Å². The van der Waals surface area contributed by atoms with E-state index >= 15 is 0 Å². The second kappa shape index (κ2) is 7.23. The van der Waals surface area contributed by atoms with Crippen molar-refractivity contribution in [2.45, 2.75) is 39.2 Å². The Balaban J connectivity index is 4.16. The van der Waals surface area contributed by atoms with Gasteiger partial charge in [-0.1, -0.05) is 13.3 Å². The van der Waals surface area contributed by atoms with E-state index in [2.05, 4.69) is 0 Å². The Morgan fingerprint density at radius 2 is 1.87 bits per heavy atom. The number of rotatable bonds is 8. The standard InChI is InChI=1S/C10H19NO4/c1-3-4-6-11(7-5-9(12)13)8(2)10(14)15/h8H,3-7H2,1-2H3,(H,12,13)(H,14,15)/t8-/m0/s1. The molecule has 0 aromatic heterocycles. The molecule has 0 saturated heterocycles. The van der Waals surface area contributed by atoms with Crippen molar-refractivity contribution >= 4 is 11.9 Å². The van der Waals surface area contributed by atoms with Crippen molar-refractivity contribution in [3.8, 4) is 0 Å². The van der Waals surface area contributed by atoms with Gasteiger partial charge in [-0.25, -0.2) is 0 Å². The molecule has 0 heterocycles. The number of unbranched alkanes of at least 4 members (excludes halogenated alkanes) is 1. The van der Waals surface area contributed by atoms with Crippen LogP contribution in [0.15, 0.2) is 0 Å². The molecule has 0 bridgehead atoms. The summed E-state index contributed by atoms with van der Waals surface area (Å²) in [5.74, 6) is -1.80. The van der Waals surface area contributed by atoms with Crippen LogP contribution in [-0.2, 0) is 9.59 Å². The van der Waals surface area contributed by atoms with Gasteiger partial charge in [0, 0.05) is 6.54 Å². The summed E-state index contributed by atoms with van der Waals surface area (Å²) < 4.78 is 0. The minimum atomic E-state index is -0.906. The van der Waals surface area contributed by atoms with Crippen molar-refractivity contribution in [2.24, 2.45) is 0 Å². The Morgan fingerprint density at radius 3 is 2.27 bits per heavy atom. The minimum absolute atomic E-state index is 0.0126. The van der Waals surface area contributed by atoms with Crippen molar-refractivity contribution in [3.05, 3.63) is 0 Å². The minimum Gasteiger partial charge on any atom is -0.481 e. The van der Waals surface area contributed by atoms with E-state index < -0.39 is 18.0 Å². The van der Waals surface area contributed by atoms with Gasteiger partial charge in [-0.15, -0.1) is 0 Å². The molecule has 0 aromatic rings. The Hall–Kier alpha value is -1.10. The van der Waals surface area contributed by atoms with Gasteiger partial charge in [0.2, 0.25) is 0 Å². The topological polar surface area (TPSA) is 77.8 Å². The molecule has 88 valence electrons. The highest BCUT2D eigenvalue weighted by molar-refractivity contribution is 5.73. The molecule has 0 radical (unpaired) electrons. The van der Waals surface area contributed by atoms with Crippen LogP contribution in [0.5, 0.6) is 0 Å². The van der Waals surface area contributed by atoms with Crippen LogP contribution in [-0.4, -0.2) is 46.2 Å². The number of carbonyl (C=O) groups is 2. The summed E-state index contributed by atoms with van der Waals surface area (Å²) in [7, 11) is 0. The smallest absolute Gasteiger partial charge is 0.320 e. The summed E-state index contributed by atoms with van der Waals surface area (Å²) in [6, 6.07) is -0.615. The van der Waals surface area contributed by atoms with E-state index in [1.807, 2.05) is 6.92 Å². The third-order valence-corrected chi connectivity index (χ3v) is 2.32. The van der Waals surface area contributed by atoms with E-state index in [1.165, 1.54) is 0 Å². The lowest BCUT2D eigenvalue weighted by Gasteiger charge is -2.25. The molecular weight excluding hydrogens is 198 g/mol.